The second kappa shape index (κ2) is 9.07. The average molecular weight is 356 g/mol. The van der Waals surface area contributed by atoms with Gasteiger partial charge in [-0.3, -0.25) is 0 Å². The van der Waals surface area contributed by atoms with Gasteiger partial charge in [0.1, 0.15) is 16.8 Å². The highest BCUT2D eigenvalue weighted by Crippen LogP contribution is 2.17. The number of allylic oxidation sites excluding steroid dienone is 4. The Morgan fingerprint density at radius 2 is 2.10 bits per heavy atom. The Morgan fingerprint density at radius 1 is 1.38 bits per heavy atom. The molecule has 0 saturated heterocycles. The van der Waals surface area contributed by atoms with E-state index in [-0.39, 0.29) is 11.0 Å². The number of hydrogen-bond acceptors (Lipinski definition) is 4. The molecule has 0 aromatic rings. The molecule has 8 heteroatoms. The number of nitrogens with zero attached hydrogens (tertiary/aromatic N) is 1. The van der Waals surface area contributed by atoms with Crippen molar-refractivity contribution < 1.29 is 4.39 Å². The van der Waals surface area contributed by atoms with Gasteiger partial charge in [-0.2, -0.15) is 0 Å². The van der Waals surface area contributed by atoms with E-state index in [1.165, 1.54) is 12.2 Å². The van der Waals surface area contributed by atoms with Crippen molar-refractivity contribution in [2.75, 3.05) is 25.5 Å². The first-order valence-corrected chi connectivity index (χ1v) is 7.61. The summed E-state index contributed by atoms with van der Waals surface area (Å²) < 4.78 is 12.9. The molecule has 0 atom stereocenters. The lowest BCUT2D eigenvalue weighted by Gasteiger charge is -2.31. The molecule has 0 unspecified atom stereocenters. The van der Waals surface area contributed by atoms with Crippen LogP contribution in [0.3, 0.4) is 0 Å². The molecule has 0 bridgehead atoms. The number of nitrogens with one attached hydrogen (secondary N) is 1. The van der Waals surface area contributed by atoms with E-state index >= 15 is 0 Å². The van der Waals surface area contributed by atoms with Gasteiger partial charge >= 0.3 is 0 Å². The third-order valence-electron chi connectivity index (χ3n) is 2.78. The van der Waals surface area contributed by atoms with E-state index in [1.807, 2.05) is 4.90 Å². The van der Waals surface area contributed by atoms with Crippen LogP contribution in [0.2, 0.25) is 0 Å². The van der Waals surface area contributed by atoms with Crippen LogP contribution in [0.25, 0.3) is 0 Å². The minimum atomic E-state index is -0.431. The van der Waals surface area contributed by atoms with Crippen LogP contribution in [0.1, 0.15) is 6.42 Å². The lowest BCUT2D eigenvalue weighted by atomic mass is 10.2. The lowest BCUT2D eigenvalue weighted by Crippen LogP contribution is -2.41. The molecule has 21 heavy (non-hydrogen) atoms. The van der Waals surface area contributed by atoms with E-state index in [1.54, 1.807) is 6.08 Å². The molecule has 0 aliphatic carbocycles. The molecule has 0 aromatic carbocycles. The van der Waals surface area contributed by atoms with Gasteiger partial charge in [-0.25, -0.2) is 4.39 Å². The summed E-state index contributed by atoms with van der Waals surface area (Å²) in [6.07, 6.45) is 4.89. The Labute approximate surface area is 138 Å². The molecule has 0 saturated carbocycles. The maximum Gasteiger partial charge on any atom is 0.120 e. The smallest absolute Gasteiger partial charge is 0.120 e. The minimum Gasteiger partial charge on any atom is -0.389 e. The summed E-state index contributed by atoms with van der Waals surface area (Å²) in [7, 11) is 0. The highest BCUT2D eigenvalue weighted by Gasteiger charge is 2.16. The summed E-state index contributed by atoms with van der Waals surface area (Å²) in [4.78, 5) is 2.01. The summed E-state index contributed by atoms with van der Waals surface area (Å²) in [5.74, 6) is -0.0838. The van der Waals surface area contributed by atoms with E-state index in [9.17, 15) is 4.39 Å². The number of hydrogen-bond donors (Lipinski definition) is 3. The number of nitrogens with two attached hydrogens (primary N) is 2. The van der Waals surface area contributed by atoms with Crippen LogP contribution in [-0.4, -0.2) is 30.4 Å². The fraction of sp³-hybridized carbons (Fsp3) is 0.385. The average Bonchev–Trinajstić information content (AvgIpc) is 2.44. The van der Waals surface area contributed by atoms with Crippen LogP contribution < -0.4 is 16.8 Å². The van der Waals surface area contributed by atoms with Crippen LogP contribution in [-0.2, 0) is 0 Å². The zero-order valence-corrected chi connectivity index (χ0v) is 13.6. The van der Waals surface area contributed by atoms with Gasteiger partial charge in [0.2, 0.25) is 0 Å². The van der Waals surface area contributed by atoms with Gasteiger partial charge in [0, 0.05) is 31.1 Å². The van der Waals surface area contributed by atoms with E-state index in [2.05, 4.69) is 5.32 Å². The summed E-state index contributed by atoms with van der Waals surface area (Å²) in [6, 6.07) is 0. The molecule has 0 amide bonds. The van der Waals surface area contributed by atoms with Gasteiger partial charge in [-0.05, 0) is 18.2 Å². The zero-order valence-electron chi connectivity index (χ0n) is 11.4. The van der Waals surface area contributed by atoms with Crippen molar-refractivity contribution in [3.8, 4) is 0 Å². The second-order valence-corrected chi connectivity index (χ2v) is 5.54. The van der Waals surface area contributed by atoms with E-state index in [0.717, 1.165) is 12.2 Å². The molecule has 0 spiro atoms. The zero-order chi connectivity index (χ0) is 15.8. The van der Waals surface area contributed by atoms with Gasteiger partial charge in [0.15, 0.2) is 0 Å². The van der Waals surface area contributed by atoms with Crippen LogP contribution in [0.4, 0.5) is 4.39 Å². The normalized spacial score (nSPS) is 18.1. The van der Waals surface area contributed by atoms with Crippen molar-refractivity contribution in [3.63, 3.8) is 0 Å². The van der Waals surface area contributed by atoms with Crippen molar-refractivity contribution in [1.29, 1.82) is 0 Å². The fourth-order valence-corrected chi connectivity index (χ4v) is 2.13. The summed E-state index contributed by atoms with van der Waals surface area (Å²) in [5, 5.41) is 3.71. The summed E-state index contributed by atoms with van der Waals surface area (Å²) >= 11 is 17.1. The quantitative estimate of drug-likeness (QED) is 0.389. The topological polar surface area (TPSA) is 67.3 Å². The third-order valence-corrected chi connectivity index (χ3v) is 3.46. The first kappa shape index (κ1) is 18.0. The minimum absolute atomic E-state index is 0.149. The Balaban J connectivity index is 2.69. The van der Waals surface area contributed by atoms with Crippen molar-refractivity contribution in [2.24, 2.45) is 11.5 Å². The molecule has 0 radical (unpaired) electrons. The van der Waals surface area contributed by atoms with Gasteiger partial charge in [0.25, 0.3) is 0 Å². The Kier molecular flexibility index (Phi) is 7.78. The molecule has 1 aliphatic rings. The largest absolute Gasteiger partial charge is 0.389 e. The highest BCUT2D eigenvalue weighted by molar-refractivity contribution is 6.29. The SMILES string of the molecule is NC1=C(/C=C(\N)Cl)N(CC/C(Cl)=C\C=C(\F)CCl)CCN1. The van der Waals surface area contributed by atoms with Crippen LogP contribution in [0.5, 0.6) is 0 Å². The molecular weight excluding hydrogens is 338 g/mol. The molecule has 4 nitrogen and oxygen atoms in total. The van der Waals surface area contributed by atoms with Crippen LogP contribution >= 0.6 is 34.8 Å². The van der Waals surface area contributed by atoms with Gasteiger partial charge in [-0.15, -0.1) is 11.6 Å². The molecule has 1 rings (SSSR count). The predicted octanol–water partition coefficient (Wildman–Crippen LogP) is 2.66. The number of halogens is 4. The van der Waals surface area contributed by atoms with Gasteiger partial charge < -0.3 is 21.7 Å². The predicted molar refractivity (Wildman–Crippen MR) is 87.4 cm³/mol. The fourth-order valence-electron chi connectivity index (χ4n) is 1.79. The van der Waals surface area contributed by atoms with Crippen molar-refractivity contribution in [2.45, 2.75) is 6.42 Å². The maximum atomic E-state index is 12.9. The first-order chi connectivity index (χ1) is 9.93. The standard InChI is InChI=1S/C13H18Cl3FN4/c14-8-10(17)2-1-9(15)3-5-21-6-4-20-13(19)11(21)7-12(16)18/h1-2,7,20H,3-6,8,18-19H2/b9-1+,10-2+,12-7-. The maximum absolute atomic E-state index is 12.9. The van der Waals surface area contributed by atoms with Crippen molar-refractivity contribution >= 4 is 34.8 Å². The number of alkyl halides is 1. The van der Waals surface area contributed by atoms with Crippen molar-refractivity contribution in [1.82, 2.24) is 10.2 Å². The van der Waals surface area contributed by atoms with E-state index in [4.69, 9.17) is 46.3 Å². The van der Waals surface area contributed by atoms with E-state index < -0.39 is 5.83 Å². The van der Waals surface area contributed by atoms with E-state index in [0.29, 0.717) is 30.4 Å². The Hall–Kier alpha value is -1.04. The highest BCUT2D eigenvalue weighted by atomic mass is 35.5. The monoisotopic (exact) mass is 354 g/mol. The molecule has 118 valence electrons. The second-order valence-electron chi connectivity index (χ2n) is 4.35. The van der Waals surface area contributed by atoms with Gasteiger partial charge in [-0.1, -0.05) is 23.2 Å². The third kappa shape index (κ3) is 6.50. The van der Waals surface area contributed by atoms with Crippen LogP contribution in [0, 0.1) is 0 Å². The van der Waals surface area contributed by atoms with Gasteiger partial charge in [0.05, 0.1) is 11.6 Å². The molecular formula is C13H18Cl3FN4. The first-order valence-electron chi connectivity index (χ1n) is 6.32. The van der Waals surface area contributed by atoms with Crippen molar-refractivity contribution in [3.05, 3.63) is 45.8 Å². The molecule has 0 aromatic heterocycles. The Morgan fingerprint density at radius 3 is 2.71 bits per heavy atom. The molecule has 1 heterocycles. The summed E-state index contributed by atoms with van der Waals surface area (Å²) in [5.41, 5.74) is 12.1. The molecule has 0 fully saturated rings. The number of rotatable bonds is 6. The summed E-state index contributed by atoms with van der Waals surface area (Å²) in [6.45, 7) is 2.07. The molecule has 5 N–H and O–H groups in total. The van der Waals surface area contributed by atoms with Crippen LogP contribution in [0.15, 0.2) is 45.8 Å². The Bertz CT molecular complexity index is 482. The molecule has 1 aliphatic heterocycles. The lowest BCUT2D eigenvalue weighted by molar-refractivity contribution is 0.333.